The average molecular weight is 489 g/mol. The number of nitrogens with zero attached hydrogens (tertiary/aromatic N) is 1. The Labute approximate surface area is 196 Å². The van der Waals surface area contributed by atoms with Crippen LogP contribution in [-0.4, -0.2) is 35.0 Å². The second-order valence-electron chi connectivity index (χ2n) is 6.74. The van der Waals surface area contributed by atoms with Gasteiger partial charge in [0.15, 0.2) is 0 Å². The van der Waals surface area contributed by atoms with E-state index in [9.17, 15) is 19.2 Å². The van der Waals surface area contributed by atoms with Crippen LogP contribution in [0.25, 0.3) is 17.0 Å². The van der Waals surface area contributed by atoms with Crippen molar-refractivity contribution in [2.75, 3.05) is 13.1 Å². The Balaban J connectivity index is 1.42. The lowest BCUT2D eigenvalue weighted by atomic mass is 10.2. The molecule has 0 unspecified atom stereocenters. The van der Waals surface area contributed by atoms with Gasteiger partial charge in [-0.3, -0.25) is 19.3 Å². The molecule has 162 valence electrons. The van der Waals surface area contributed by atoms with Crippen LogP contribution < -0.4 is 10.9 Å². The van der Waals surface area contributed by atoms with Crippen molar-refractivity contribution in [2.24, 2.45) is 0 Å². The minimum Gasteiger partial charge on any atom is -0.422 e. The Morgan fingerprint density at radius 1 is 1.09 bits per heavy atom. The highest BCUT2D eigenvalue weighted by Crippen LogP contribution is 2.33. The summed E-state index contributed by atoms with van der Waals surface area (Å²) < 4.78 is 5.15. The molecule has 0 atom stereocenters. The van der Waals surface area contributed by atoms with Gasteiger partial charge in [0.2, 0.25) is 0 Å². The fraction of sp³-hybridized carbons (Fsp3) is 0.0909. The molecular weight excluding hydrogens is 475 g/mol. The van der Waals surface area contributed by atoms with E-state index >= 15 is 0 Å². The number of nitrogens with one attached hydrogen (secondary N) is 1. The number of thioether (sulfide) groups is 1. The quantitative estimate of drug-likeness (QED) is 0.417. The number of halogens is 2. The molecule has 2 aromatic carbocycles. The molecule has 3 amide bonds. The molecule has 1 fully saturated rings. The lowest BCUT2D eigenvalue weighted by Gasteiger charge is -2.13. The second kappa shape index (κ2) is 9.20. The van der Waals surface area contributed by atoms with Gasteiger partial charge in [0.1, 0.15) is 11.1 Å². The molecule has 10 heteroatoms. The predicted octanol–water partition coefficient (Wildman–Crippen LogP) is 4.57. The Morgan fingerprint density at radius 2 is 1.88 bits per heavy atom. The zero-order valence-electron chi connectivity index (χ0n) is 16.3. The molecule has 0 spiro atoms. The number of hydrogen-bond donors (Lipinski definition) is 1. The number of fused-ring (bicyclic) bond motifs is 1. The number of para-hydroxylation sites is 1. The van der Waals surface area contributed by atoms with Crippen molar-refractivity contribution in [3.8, 4) is 0 Å². The van der Waals surface area contributed by atoms with Gasteiger partial charge in [-0.1, -0.05) is 47.5 Å². The average Bonchev–Trinajstić information content (AvgIpc) is 3.02. The minimum atomic E-state index is -0.768. The summed E-state index contributed by atoms with van der Waals surface area (Å²) in [5.41, 5.74) is 0.00241. The first kappa shape index (κ1) is 22.1. The van der Waals surface area contributed by atoms with Gasteiger partial charge in [-0.05, 0) is 47.7 Å². The van der Waals surface area contributed by atoms with Crippen LogP contribution in [0.2, 0.25) is 10.0 Å². The zero-order chi connectivity index (χ0) is 22.8. The number of rotatable bonds is 5. The Bertz CT molecular complexity index is 1350. The van der Waals surface area contributed by atoms with Crippen LogP contribution in [0.3, 0.4) is 0 Å². The van der Waals surface area contributed by atoms with Gasteiger partial charge < -0.3 is 9.73 Å². The molecule has 4 rings (SSSR count). The van der Waals surface area contributed by atoms with E-state index in [1.165, 1.54) is 18.2 Å². The van der Waals surface area contributed by atoms with E-state index in [0.717, 1.165) is 16.7 Å². The lowest BCUT2D eigenvalue weighted by Crippen LogP contribution is -2.38. The maximum absolute atomic E-state index is 12.6. The summed E-state index contributed by atoms with van der Waals surface area (Å²) in [4.78, 5) is 50.6. The molecule has 0 aliphatic carbocycles. The first-order valence-electron chi connectivity index (χ1n) is 9.35. The normalized spacial score (nSPS) is 15.1. The predicted molar refractivity (Wildman–Crippen MR) is 124 cm³/mol. The third-order valence-electron chi connectivity index (χ3n) is 4.63. The Morgan fingerprint density at radius 3 is 2.66 bits per heavy atom. The molecule has 0 saturated carbocycles. The standard InChI is InChI=1S/C22H14Cl2N2O5S/c23-14-6-5-12(16(24)11-14)10-18-20(28)26(22(30)32-18)8-7-25-19(27)15-9-13-3-1-2-4-17(13)31-21(15)29/h1-6,9-11H,7-8H2,(H,25,27)/b18-10-. The van der Waals surface area contributed by atoms with Crippen LogP contribution in [0.5, 0.6) is 0 Å². The number of imide groups is 1. The fourth-order valence-corrected chi connectivity index (χ4v) is 4.37. The van der Waals surface area contributed by atoms with E-state index in [1.54, 1.807) is 36.4 Å². The van der Waals surface area contributed by atoms with E-state index in [2.05, 4.69) is 5.32 Å². The number of hydrogen-bond acceptors (Lipinski definition) is 6. The van der Waals surface area contributed by atoms with E-state index in [1.807, 2.05) is 0 Å². The SMILES string of the molecule is O=C(NCCN1C(=O)S/C(=C\c2ccc(Cl)cc2Cl)C1=O)c1cc2ccccc2oc1=O. The molecule has 0 radical (unpaired) electrons. The highest BCUT2D eigenvalue weighted by Gasteiger charge is 2.34. The van der Waals surface area contributed by atoms with E-state index in [0.29, 0.717) is 26.6 Å². The van der Waals surface area contributed by atoms with Crippen LogP contribution in [0, 0.1) is 0 Å². The van der Waals surface area contributed by atoms with Gasteiger partial charge in [0.25, 0.3) is 17.1 Å². The number of amides is 3. The molecule has 1 N–H and O–H groups in total. The fourth-order valence-electron chi connectivity index (χ4n) is 3.05. The highest BCUT2D eigenvalue weighted by atomic mass is 35.5. The van der Waals surface area contributed by atoms with Gasteiger partial charge in [0.05, 0.1) is 4.91 Å². The van der Waals surface area contributed by atoms with Crippen LogP contribution >= 0.6 is 35.0 Å². The molecule has 32 heavy (non-hydrogen) atoms. The molecule has 1 saturated heterocycles. The van der Waals surface area contributed by atoms with Gasteiger partial charge in [-0.2, -0.15) is 0 Å². The Hall–Kier alpha value is -3.07. The van der Waals surface area contributed by atoms with Gasteiger partial charge in [0, 0.05) is 28.5 Å². The van der Waals surface area contributed by atoms with Crippen LogP contribution in [-0.2, 0) is 4.79 Å². The first-order chi connectivity index (χ1) is 15.3. The molecular formula is C22H14Cl2N2O5S. The van der Waals surface area contributed by atoms with Crippen molar-refractivity contribution in [3.63, 3.8) is 0 Å². The highest BCUT2D eigenvalue weighted by molar-refractivity contribution is 8.18. The number of carbonyl (C=O) groups is 3. The van der Waals surface area contributed by atoms with Crippen molar-refractivity contribution in [1.29, 1.82) is 0 Å². The summed E-state index contributed by atoms with van der Waals surface area (Å²) in [5, 5.41) is 3.49. The summed E-state index contributed by atoms with van der Waals surface area (Å²) in [6.45, 7) is -0.0842. The summed E-state index contributed by atoms with van der Waals surface area (Å²) in [5.74, 6) is -1.15. The minimum absolute atomic E-state index is 0.0296. The Kier molecular flexibility index (Phi) is 6.36. The van der Waals surface area contributed by atoms with E-state index in [4.69, 9.17) is 27.6 Å². The van der Waals surface area contributed by atoms with Crippen LogP contribution in [0.1, 0.15) is 15.9 Å². The topological polar surface area (TPSA) is 96.7 Å². The zero-order valence-corrected chi connectivity index (χ0v) is 18.6. The largest absolute Gasteiger partial charge is 0.422 e. The van der Waals surface area contributed by atoms with Crippen molar-refractivity contribution in [1.82, 2.24) is 10.2 Å². The maximum atomic E-state index is 12.6. The maximum Gasteiger partial charge on any atom is 0.349 e. The lowest BCUT2D eigenvalue weighted by molar-refractivity contribution is -0.122. The summed E-state index contributed by atoms with van der Waals surface area (Å²) in [6, 6.07) is 13.1. The van der Waals surface area contributed by atoms with Crippen molar-refractivity contribution in [3.05, 3.63) is 85.0 Å². The molecule has 7 nitrogen and oxygen atoms in total. The van der Waals surface area contributed by atoms with Gasteiger partial charge in [-0.25, -0.2) is 4.79 Å². The summed E-state index contributed by atoms with van der Waals surface area (Å²) in [6.07, 6.45) is 1.52. The third kappa shape index (κ3) is 4.57. The summed E-state index contributed by atoms with van der Waals surface area (Å²) in [7, 11) is 0. The van der Waals surface area contributed by atoms with Crippen LogP contribution in [0.4, 0.5) is 4.79 Å². The molecule has 3 aromatic rings. The molecule has 2 heterocycles. The van der Waals surface area contributed by atoms with Crippen molar-refractivity contribution in [2.45, 2.75) is 0 Å². The molecule has 0 bridgehead atoms. The van der Waals surface area contributed by atoms with E-state index in [-0.39, 0.29) is 23.6 Å². The van der Waals surface area contributed by atoms with Gasteiger partial charge in [-0.15, -0.1) is 0 Å². The van der Waals surface area contributed by atoms with Crippen molar-refractivity contribution < 1.29 is 18.8 Å². The molecule has 1 aliphatic heterocycles. The summed E-state index contributed by atoms with van der Waals surface area (Å²) >= 11 is 12.8. The van der Waals surface area contributed by atoms with E-state index < -0.39 is 22.7 Å². The first-order valence-corrected chi connectivity index (χ1v) is 10.9. The molecule has 1 aliphatic rings. The molecule has 1 aromatic heterocycles. The third-order valence-corrected chi connectivity index (χ3v) is 6.10. The smallest absolute Gasteiger partial charge is 0.349 e. The van der Waals surface area contributed by atoms with Crippen LogP contribution in [0.15, 0.2) is 62.6 Å². The second-order valence-corrected chi connectivity index (χ2v) is 8.58. The van der Waals surface area contributed by atoms with Crippen molar-refractivity contribution >= 4 is 69.1 Å². The number of carbonyl (C=O) groups excluding carboxylic acids is 3. The monoisotopic (exact) mass is 488 g/mol. The van der Waals surface area contributed by atoms with Gasteiger partial charge >= 0.3 is 5.63 Å². The number of benzene rings is 2.